The van der Waals surface area contributed by atoms with Crippen LogP contribution >= 0.6 is 0 Å². The maximum absolute atomic E-state index is 15.3. The molecule has 0 radical (unpaired) electrons. The van der Waals surface area contributed by atoms with Crippen LogP contribution in [0.3, 0.4) is 0 Å². The highest BCUT2D eigenvalue weighted by Crippen LogP contribution is 2.63. The van der Waals surface area contributed by atoms with Gasteiger partial charge in [0.05, 0.1) is 41.9 Å². The van der Waals surface area contributed by atoms with Gasteiger partial charge < -0.3 is 9.84 Å². The van der Waals surface area contributed by atoms with Crippen molar-refractivity contribution in [3.05, 3.63) is 152 Å². The summed E-state index contributed by atoms with van der Waals surface area (Å²) in [7, 11) is 0. The molecule has 3 heterocycles. The Bertz CT molecular complexity index is 2290. The number of nitrogens with one attached hydrogen (secondary N) is 1. The van der Waals surface area contributed by atoms with Crippen molar-refractivity contribution >= 4 is 17.5 Å². The molecule has 2 amide bonds. The molecule has 3 aliphatic rings. The number of carbonyl (C=O) groups excluding carboxylic acids is 2. The zero-order chi connectivity index (χ0) is 34.7. The maximum atomic E-state index is 15.3. The van der Waals surface area contributed by atoms with E-state index in [4.69, 9.17) is 4.74 Å². The lowest BCUT2D eigenvalue weighted by atomic mass is 9.53. The molecule has 0 bridgehead atoms. The van der Waals surface area contributed by atoms with Gasteiger partial charge >= 0.3 is 11.4 Å². The quantitative estimate of drug-likeness (QED) is 0.188. The second-order valence-electron chi connectivity index (χ2n) is 12.9. The summed E-state index contributed by atoms with van der Waals surface area (Å²) in [5, 5.41) is 12.9. The summed E-state index contributed by atoms with van der Waals surface area (Å²) >= 11 is 0. The Morgan fingerprint density at radius 3 is 2.26 bits per heavy atom. The summed E-state index contributed by atoms with van der Waals surface area (Å²) in [6.07, 6.45) is 1.92. The third-order valence-electron chi connectivity index (χ3n) is 10.3. The van der Waals surface area contributed by atoms with E-state index >= 15 is 4.79 Å². The largest absolute Gasteiger partial charge is 0.504 e. The van der Waals surface area contributed by atoms with Crippen molar-refractivity contribution in [3.8, 4) is 17.2 Å². The molecule has 2 N–H and O–H groups in total. The number of phenolic OH excluding ortho intramolecular Hbond substituents is 1. The van der Waals surface area contributed by atoms with Gasteiger partial charge in [-0.05, 0) is 61.7 Å². The SMILES string of the molecule is CCOc1cccc([C@H]2C3=CCn4c(=O)n(-c5ccccc5)c(=O)n4[C@@H]3C[C@H]3C(=O)N(Nc4ccc(C)cc4)C(=O)[C@@]23c2ccccc2)c1O. The van der Waals surface area contributed by atoms with Crippen molar-refractivity contribution in [2.45, 2.75) is 44.2 Å². The lowest BCUT2D eigenvalue weighted by Crippen LogP contribution is -2.53. The van der Waals surface area contributed by atoms with E-state index in [0.717, 1.165) is 15.1 Å². The molecule has 11 nitrogen and oxygen atoms in total. The Labute approximate surface area is 287 Å². The summed E-state index contributed by atoms with van der Waals surface area (Å²) in [5.74, 6) is -2.80. The standard InChI is InChI=1S/C39H35N5O6/c1-3-50-32-16-10-15-29(34(32)45)33-28-21-22-41-37(48)42(27-13-8-5-9-14-27)38(49)44(41)31(28)23-30-35(46)43(40-26-19-17-24(2)18-20-26)36(47)39(30,33)25-11-6-4-7-12-25/h4-21,30-31,33,40,45H,3,22-23H2,1-2H3/t30-,31+,33+,39+/m0/s1. The molecular weight excluding hydrogens is 634 g/mol. The van der Waals surface area contributed by atoms with E-state index in [-0.39, 0.29) is 24.5 Å². The van der Waals surface area contributed by atoms with E-state index in [1.54, 1.807) is 60.7 Å². The number of rotatable bonds is 7. The Kier molecular flexibility index (Phi) is 7.36. The molecule has 4 atom stereocenters. The summed E-state index contributed by atoms with van der Waals surface area (Å²) < 4.78 is 9.74. The van der Waals surface area contributed by atoms with Crippen LogP contribution in [-0.4, -0.2) is 42.5 Å². The van der Waals surface area contributed by atoms with Gasteiger partial charge in [-0.1, -0.05) is 84.4 Å². The van der Waals surface area contributed by atoms with Crippen molar-refractivity contribution in [1.82, 2.24) is 18.9 Å². The summed E-state index contributed by atoms with van der Waals surface area (Å²) in [4.78, 5) is 58.1. The molecule has 1 aromatic heterocycles. The van der Waals surface area contributed by atoms with Crippen LogP contribution in [0.5, 0.6) is 11.5 Å². The number of hydrogen-bond donors (Lipinski definition) is 2. The molecule has 0 spiro atoms. The molecule has 0 unspecified atom stereocenters. The molecule has 50 heavy (non-hydrogen) atoms. The van der Waals surface area contributed by atoms with Crippen molar-refractivity contribution in [3.63, 3.8) is 0 Å². The van der Waals surface area contributed by atoms with Crippen LogP contribution in [0.1, 0.15) is 42.0 Å². The molecular formula is C39H35N5O6. The molecule has 1 saturated heterocycles. The van der Waals surface area contributed by atoms with E-state index in [9.17, 15) is 19.5 Å². The fourth-order valence-corrected chi connectivity index (χ4v) is 8.20. The smallest absolute Gasteiger partial charge is 0.352 e. The number of imide groups is 1. The first-order valence-electron chi connectivity index (χ1n) is 16.7. The topological polar surface area (TPSA) is 128 Å². The fourth-order valence-electron chi connectivity index (χ4n) is 8.20. The van der Waals surface area contributed by atoms with Gasteiger partial charge in [-0.2, -0.15) is 5.01 Å². The first-order valence-corrected chi connectivity index (χ1v) is 16.7. The van der Waals surface area contributed by atoms with Gasteiger partial charge in [0.25, 0.3) is 11.8 Å². The number of nitrogens with zero attached hydrogens (tertiary/aromatic N) is 4. The summed E-state index contributed by atoms with van der Waals surface area (Å²) in [5.41, 5.74) is 4.11. The first kappa shape index (κ1) is 31.2. The summed E-state index contributed by atoms with van der Waals surface area (Å²) in [6, 6.07) is 29.6. The van der Waals surface area contributed by atoms with Crippen molar-refractivity contribution in [1.29, 1.82) is 0 Å². The molecule has 2 aliphatic heterocycles. The molecule has 8 rings (SSSR count). The minimum atomic E-state index is -1.53. The van der Waals surface area contributed by atoms with Gasteiger partial charge in [-0.3, -0.25) is 15.0 Å². The molecule has 4 aromatic carbocycles. The first-order chi connectivity index (χ1) is 24.3. The second-order valence-corrected chi connectivity index (χ2v) is 12.9. The van der Waals surface area contributed by atoms with Crippen LogP contribution in [-0.2, 0) is 21.5 Å². The minimum Gasteiger partial charge on any atom is -0.504 e. The Hall–Kier alpha value is -6.10. The highest BCUT2D eigenvalue weighted by atomic mass is 16.5. The second kappa shape index (κ2) is 11.8. The highest BCUT2D eigenvalue weighted by molar-refractivity contribution is 6.12. The number of anilines is 1. The van der Waals surface area contributed by atoms with Gasteiger partial charge in [0.1, 0.15) is 0 Å². The number of para-hydroxylation sites is 2. The van der Waals surface area contributed by atoms with E-state index in [0.29, 0.717) is 34.7 Å². The molecule has 1 aliphatic carbocycles. The van der Waals surface area contributed by atoms with E-state index < -0.39 is 46.5 Å². The average Bonchev–Trinajstić information content (AvgIpc) is 3.52. The third kappa shape index (κ3) is 4.42. The number of aryl methyl sites for hydroxylation is 1. The van der Waals surface area contributed by atoms with Crippen LogP contribution in [0, 0.1) is 12.8 Å². The number of amides is 2. The minimum absolute atomic E-state index is 0.0468. The Morgan fingerprint density at radius 2 is 1.56 bits per heavy atom. The number of allylic oxidation sites excluding steroid dienone is 2. The van der Waals surface area contributed by atoms with Crippen molar-refractivity contribution in [2.75, 3.05) is 12.0 Å². The van der Waals surface area contributed by atoms with Gasteiger partial charge in [-0.25, -0.2) is 23.5 Å². The average molecular weight is 670 g/mol. The van der Waals surface area contributed by atoms with E-state index in [1.807, 2.05) is 62.4 Å². The van der Waals surface area contributed by atoms with Crippen LogP contribution < -0.4 is 21.5 Å². The Morgan fingerprint density at radius 1 is 0.860 bits per heavy atom. The van der Waals surface area contributed by atoms with Crippen LogP contribution in [0.2, 0.25) is 0 Å². The maximum Gasteiger partial charge on any atom is 0.352 e. The number of hydrogen-bond acceptors (Lipinski definition) is 7. The zero-order valence-corrected chi connectivity index (χ0v) is 27.5. The third-order valence-corrected chi connectivity index (χ3v) is 10.3. The molecule has 2 fully saturated rings. The molecule has 252 valence electrons. The number of hydrazine groups is 1. The van der Waals surface area contributed by atoms with E-state index in [1.165, 1.54) is 9.36 Å². The number of aromatic nitrogens is 3. The lowest BCUT2D eigenvalue weighted by molar-refractivity contribution is -0.138. The van der Waals surface area contributed by atoms with Crippen molar-refractivity contribution in [2.24, 2.45) is 5.92 Å². The fraction of sp³-hybridized carbons (Fsp3) is 0.231. The van der Waals surface area contributed by atoms with Gasteiger partial charge in [-0.15, -0.1) is 0 Å². The number of phenols is 1. The number of aromatic hydroxyl groups is 1. The number of fused-ring (bicyclic) bond motifs is 4. The number of benzene rings is 4. The van der Waals surface area contributed by atoms with Crippen molar-refractivity contribution < 1.29 is 19.4 Å². The van der Waals surface area contributed by atoms with Crippen LogP contribution in [0.4, 0.5) is 5.69 Å². The van der Waals surface area contributed by atoms with Gasteiger partial charge in [0.15, 0.2) is 11.5 Å². The highest BCUT2D eigenvalue weighted by Gasteiger charge is 2.69. The molecule has 1 saturated carbocycles. The van der Waals surface area contributed by atoms with Gasteiger partial charge in [0, 0.05) is 11.5 Å². The van der Waals surface area contributed by atoms with Crippen LogP contribution in [0.25, 0.3) is 5.69 Å². The molecule has 5 aromatic rings. The number of carbonyl (C=O) groups is 2. The monoisotopic (exact) mass is 669 g/mol. The lowest BCUT2D eigenvalue weighted by Gasteiger charge is -2.49. The predicted molar refractivity (Wildman–Crippen MR) is 186 cm³/mol. The molecule has 11 heteroatoms. The van der Waals surface area contributed by atoms with Crippen LogP contribution in [0.15, 0.2) is 124 Å². The normalized spacial score (nSPS) is 22.4. The number of ether oxygens (including phenoxy) is 1. The predicted octanol–water partition coefficient (Wildman–Crippen LogP) is 4.83. The van der Waals surface area contributed by atoms with E-state index in [2.05, 4.69) is 5.43 Å². The Balaban J connectivity index is 1.39. The summed E-state index contributed by atoms with van der Waals surface area (Å²) in [6.45, 7) is 4.10. The van der Waals surface area contributed by atoms with Gasteiger partial charge in [0.2, 0.25) is 0 Å². The zero-order valence-electron chi connectivity index (χ0n) is 27.5.